The highest BCUT2D eigenvalue weighted by Gasteiger charge is 2.58. The zero-order valence-electron chi connectivity index (χ0n) is 5.67. The van der Waals surface area contributed by atoms with Gasteiger partial charge in [0.1, 0.15) is 18.8 Å². The number of rotatable bonds is 0. The zero-order valence-corrected chi connectivity index (χ0v) is 5.67. The maximum absolute atomic E-state index is 12.7. The predicted octanol–water partition coefficient (Wildman–Crippen LogP) is -0.220. The smallest absolute Gasteiger partial charge is 0.299 e. The second-order valence-electron chi connectivity index (χ2n) is 2.86. The lowest BCUT2D eigenvalue weighted by molar-refractivity contribution is -0.0975. The fraction of sp³-hybridized carbons (Fsp3) is 1.00. The van der Waals surface area contributed by atoms with Crippen molar-refractivity contribution in [1.82, 2.24) is 0 Å². The summed E-state index contributed by atoms with van der Waals surface area (Å²) in [5.41, 5.74) is 0. The highest BCUT2D eigenvalue weighted by atomic mass is 19.3. The van der Waals surface area contributed by atoms with Crippen LogP contribution >= 0.6 is 0 Å². The van der Waals surface area contributed by atoms with Crippen LogP contribution < -0.4 is 0 Å². The van der Waals surface area contributed by atoms with Gasteiger partial charge >= 0.3 is 0 Å². The first-order valence-electron chi connectivity index (χ1n) is 3.40. The van der Waals surface area contributed by atoms with Crippen LogP contribution in [0.3, 0.4) is 0 Å². The first-order chi connectivity index (χ1) is 5.11. The van der Waals surface area contributed by atoms with E-state index in [-0.39, 0.29) is 6.61 Å². The van der Waals surface area contributed by atoms with Crippen molar-refractivity contribution < 1.29 is 23.4 Å². The van der Waals surface area contributed by atoms with Crippen LogP contribution in [0.5, 0.6) is 0 Å². The molecule has 2 fully saturated rings. The Bertz CT molecular complexity index is 173. The van der Waals surface area contributed by atoms with Gasteiger partial charge < -0.3 is 14.6 Å². The molecule has 0 aromatic heterocycles. The molecule has 2 heterocycles. The Kier molecular flexibility index (Phi) is 1.42. The van der Waals surface area contributed by atoms with Crippen molar-refractivity contribution in [2.45, 2.75) is 24.2 Å². The summed E-state index contributed by atoms with van der Waals surface area (Å²) < 4.78 is 34.8. The van der Waals surface area contributed by atoms with E-state index in [1.165, 1.54) is 0 Å². The second-order valence-corrected chi connectivity index (χ2v) is 2.86. The summed E-state index contributed by atoms with van der Waals surface area (Å²) in [7, 11) is 0. The molecule has 0 saturated carbocycles. The van der Waals surface area contributed by atoms with E-state index in [4.69, 9.17) is 5.11 Å². The maximum Gasteiger partial charge on any atom is 0.299 e. The Balaban J connectivity index is 2.17. The molecule has 0 radical (unpaired) electrons. The molecule has 11 heavy (non-hydrogen) atoms. The van der Waals surface area contributed by atoms with E-state index >= 15 is 0 Å². The van der Waals surface area contributed by atoms with Gasteiger partial charge in [-0.1, -0.05) is 0 Å². The number of aliphatic hydroxyl groups excluding tert-OH is 1. The van der Waals surface area contributed by atoms with Gasteiger partial charge in [0, 0.05) is 0 Å². The van der Waals surface area contributed by atoms with Crippen LogP contribution in [0.2, 0.25) is 0 Å². The molecule has 1 N–H and O–H groups in total. The molecule has 2 aliphatic rings. The van der Waals surface area contributed by atoms with E-state index in [0.29, 0.717) is 0 Å². The van der Waals surface area contributed by atoms with Crippen LogP contribution in [0.1, 0.15) is 0 Å². The van der Waals surface area contributed by atoms with E-state index in [2.05, 4.69) is 9.47 Å². The number of halogens is 2. The number of ether oxygens (including phenoxy) is 2. The summed E-state index contributed by atoms with van der Waals surface area (Å²) in [6.45, 7) is -0.690. The van der Waals surface area contributed by atoms with Gasteiger partial charge in [-0.05, 0) is 0 Å². The van der Waals surface area contributed by atoms with Crippen LogP contribution in [0.25, 0.3) is 0 Å². The quantitative estimate of drug-likeness (QED) is 0.540. The molecule has 0 unspecified atom stereocenters. The number of hydrogen-bond donors (Lipinski definition) is 1. The monoisotopic (exact) mass is 166 g/mol. The normalized spacial score (nSPS) is 47.7. The van der Waals surface area contributed by atoms with Gasteiger partial charge in [-0.2, -0.15) is 0 Å². The molecule has 0 bridgehead atoms. The standard InChI is InChI=1S/C6H8F2O3/c7-6(8)2-11-4-3(9)1-10-5(4)6/h3-5,9H,1-2H2/t3-,4-,5+/m1/s1. The Hall–Kier alpha value is -0.260. The van der Waals surface area contributed by atoms with Gasteiger partial charge in [-0.25, -0.2) is 8.78 Å². The number of fused-ring (bicyclic) bond motifs is 1. The highest BCUT2D eigenvalue weighted by molar-refractivity contribution is 4.98. The van der Waals surface area contributed by atoms with Gasteiger partial charge in [0.05, 0.1) is 6.61 Å². The SMILES string of the molecule is O[C@@H]1CO[C@H]2[C@@H]1OCC2(F)F. The molecule has 0 aromatic carbocycles. The third kappa shape index (κ3) is 0.953. The summed E-state index contributed by atoms with van der Waals surface area (Å²) in [6, 6.07) is 0. The fourth-order valence-corrected chi connectivity index (χ4v) is 1.44. The minimum absolute atomic E-state index is 0.0507. The lowest BCUT2D eigenvalue weighted by atomic mass is 10.1. The molecule has 2 aliphatic heterocycles. The van der Waals surface area contributed by atoms with E-state index in [9.17, 15) is 8.78 Å². The Morgan fingerprint density at radius 3 is 2.73 bits per heavy atom. The van der Waals surface area contributed by atoms with Crippen molar-refractivity contribution in [2.24, 2.45) is 0 Å². The minimum Gasteiger partial charge on any atom is -0.388 e. The van der Waals surface area contributed by atoms with Gasteiger partial charge in [-0.15, -0.1) is 0 Å². The zero-order chi connectivity index (χ0) is 8.06. The van der Waals surface area contributed by atoms with Crippen LogP contribution in [0, 0.1) is 0 Å². The Morgan fingerprint density at radius 2 is 2.09 bits per heavy atom. The van der Waals surface area contributed by atoms with Crippen molar-refractivity contribution in [3.8, 4) is 0 Å². The molecule has 0 spiro atoms. The van der Waals surface area contributed by atoms with Crippen molar-refractivity contribution in [2.75, 3.05) is 13.2 Å². The Morgan fingerprint density at radius 1 is 1.36 bits per heavy atom. The van der Waals surface area contributed by atoms with E-state index in [0.717, 1.165) is 0 Å². The summed E-state index contributed by atoms with van der Waals surface area (Å²) in [5.74, 6) is -2.93. The largest absolute Gasteiger partial charge is 0.388 e. The third-order valence-corrected chi connectivity index (χ3v) is 2.01. The molecule has 2 saturated heterocycles. The van der Waals surface area contributed by atoms with Gasteiger partial charge in [-0.3, -0.25) is 0 Å². The molecule has 0 aromatic rings. The molecule has 0 amide bonds. The molecule has 5 heteroatoms. The third-order valence-electron chi connectivity index (χ3n) is 2.01. The molecule has 64 valence electrons. The van der Waals surface area contributed by atoms with E-state index in [1.807, 2.05) is 0 Å². The van der Waals surface area contributed by atoms with Gasteiger partial charge in [0.25, 0.3) is 5.92 Å². The molecule has 3 atom stereocenters. The Labute approximate surface area is 61.9 Å². The van der Waals surface area contributed by atoms with E-state index in [1.54, 1.807) is 0 Å². The summed E-state index contributed by atoms with van der Waals surface area (Å²) in [4.78, 5) is 0. The number of alkyl halides is 2. The van der Waals surface area contributed by atoms with Crippen LogP contribution in [0.15, 0.2) is 0 Å². The van der Waals surface area contributed by atoms with Crippen molar-refractivity contribution in [1.29, 1.82) is 0 Å². The van der Waals surface area contributed by atoms with Crippen molar-refractivity contribution in [3.63, 3.8) is 0 Å². The number of hydrogen-bond acceptors (Lipinski definition) is 3. The predicted molar refractivity (Wildman–Crippen MR) is 30.4 cm³/mol. The first-order valence-corrected chi connectivity index (χ1v) is 3.40. The average Bonchev–Trinajstić information content (AvgIpc) is 2.39. The van der Waals surface area contributed by atoms with Crippen molar-refractivity contribution >= 4 is 0 Å². The van der Waals surface area contributed by atoms with Crippen LogP contribution in [-0.4, -0.2) is 42.6 Å². The van der Waals surface area contributed by atoms with Gasteiger partial charge in [0.15, 0.2) is 6.10 Å². The highest BCUT2D eigenvalue weighted by Crippen LogP contribution is 2.37. The first kappa shape index (κ1) is 7.39. The average molecular weight is 166 g/mol. The summed E-state index contributed by atoms with van der Waals surface area (Å²) in [5, 5.41) is 9.05. The molecule has 2 rings (SSSR count). The minimum atomic E-state index is -2.93. The summed E-state index contributed by atoms with van der Waals surface area (Å²) >= 11 is 0. The topological polar surface area (TPSA) is 38.7 Å². The van der Waals surface area contributed by atoms with Crippen molar-refractivity contribution in [3.05, 3.63) is 0 Å². The number of aliphatic hydroxyl groups is 1. The molecular formula is C6H8F2O3. The maximum atomic E-state index is 12.7. The molecule has 3 nitrogen and oxygen atoms in total. The second kappa shape index (κ2) is 2.12. The van der Waals surface area contributed by atoms with Crippen LogP contribution in [-0.2, 0) is 9.47 Å². The lowest BCUT2D eigenvalue weighted by Gasteiger charge is -2.13. The molecule has 0 aliphatic carbocycles. The summed E-state index contributed by atoms with van der Waals surface area (Å²) in [6.07, 6.45) is -2.96. The van der Waals surface area contributed by atoms with E-state index < -0.39 is 30.8 Å². The lowest BCUT2D eigenvalue weighted by Crippen LogP contribution is -2.35. The fourth-order valence-electron chi connectivity index (χ4n) is 1.44. The van der Waals surface area contributed by atoms with Gasteiger partial charge in [0.2, 0.25) is 0 Å². The molecular weight excluding hydrogens is 158 g/mol. The van der Waals surface area contributed by atoms with Crippen LogP contribution in [0.4, 0.5) is 8.78 Å².